The smallest absolute Gasteiger partial charge is 0.0419 e. The molecule has 1 saturated carbocycles. The number of nitrogens with two attached hydrogens (primary N) is 1. The zero-order valence-electron chi connectivity index (χ0n) is 9.22. The van der Waals surface area contributed by atoms with E-state index in [4.69, 9.17) is 16.6 Å². The molecule has 0 spiro atoms. The Labute approximate surface area is 91.0 Å². The summed E-state index contributed by atoms with van der Waals surface area (Å²) in [6.45, 7) is 2.61. The molecule has 15 heavy (non-hydrogen) atoms. The van der Waals surface area contributed by atoms with Gasteiger partial charge in [-0.15, -0.1) is 0 Å². The number of allylic oxidation sites excluding steroid dienone is 1. The van der Waals surface area contributed by atoms with Crippen molar-refractivity contribution in [3.63, 3.8) is 0 Å². The molecule has 0 aromatic rings. The van der Waals surface area contributed by atoms with E-state index in [1.54, 1.807) is 6.20 Å². The van der Waals surface area contributed by atoms with Crippen molar-refractivity contribution >= 4 is 11.9 Å². The van der Waals surface area contributed by atoms with E-state index in [2.05, 4.69) is 5.32 Å². The zero-order valence-corrected chi connectivity index (χ0v) is 9.22. The lowest BCUT2D eigenvalue weighted by Gasteiger charge is -2.10. The van der Waals surface area contributed by atoms with Crippen LogP contribution in [0.15, 0.2) is 11.8 Å². The standard InChI is InChI=1S/C11H20N4/c1-8(5-12)4-11(14)9(6-13)7-15-10-2-3-10/h6-8,10,13-15H,2-5,12H2,1H3/b9-7+,13-6?,14-11?. The van der Waals surface area contributed by atoms with E-state index in [0.717, 1.165) is 0 Å². The van der Waals surface area contributed by atoms with E-state index < -0.39 is 0 Å². The molecule has 0 radical (unpaired) electrons. The van der Waals surface area contributed by atoms with Crippen molar-refractivity contribution < 1.29 is 0 Å². The van der Waals surface area contributed by atoms with Crippen LogP contribution < -0.4 is 11.1 Å². The minimum atomic E-state index is 0.307. The SMILES string of the molecule is CC(CN)CC(=N)/C(C=N)=C/NC1CC1. The molecule has 0 heterocycles. The molecule has 4 heteroatoms. The lowest BCUT2D eigenvalue weighted by Crippen LogP contribution is -2.18. The van der Waals surface area contributed by atoms with Crippen LogP contribution in [-0.2, 0) is 0 Å². The average molecular weight is 208 g/mol. The first-order valence-corrected chi connectivity index (χ1v) is 5.42. The average Bonchev–Trinajstić information content (AvgIpc) is 3.02. The van der Waals surface area contributed by atoms with Gasteiger partial charge in [0.15, 0.2) is 0 Å². The predicted molar refractivity (Wildman–Crippen MR) is 63.6 cm³/mol. The van der Waals surface area contributed by atoms with Gasteiger partial charge in [0.05, 0.1) is 0 Å². The highest BCUT2D eigenvalue weighted by Crippen LogP contribution is 2.18. The van der Waals surface area contributed by atoms with Crippen LogP contribution in [-0.4, -0.2) is 24.5 Å². The number of hydrogen-bond donors (Lipinski definition) is 4. The van der Waals surface area contributed by atoms with Crippen molar-refractivity contribution in [1.82, 2.24) is 5.32 Å². The molecule has 0 aliphatic heterocycles. The van der Waals surface area contributed by atoms with Gasteiger partial charge < -0.3 is 21.9 Å². The van der Waals surface area contributed by atoms with Gasteiger partial charge in [0, 0.05) is 29.7 Å². The fraction of sp³-hybridized carbons (Fsp3) is 0.636. The van der Waals surface area contributed by atoms with E-state index in [1.807, 2.05) is 6.92 Å². The van der Waals surface area contributed by atoms with E-state index in [9.17, 15) is 0 Å². The topological polar surface area (TPSA) is 85.8 Å². The van der Waals surface area contributed by atoms with E-state index in [-0.39, 0.29) is 0 Å². The number of hydrogen-bond acceptors (Lipinski definition) is 4. The van der Waals surface area contributed by atoms with Crippen LogP contribution in [0, 0.1) is 16.7 Å². The van der Waals surface area contributed by atoms with Gasteiger partial charge in [0.25, 0.3) is 0 Å². The van der Waals surface area contributed by atoms with Gasteiger partial charge in [-0.3, -0.25) is 0 Å². The lowest BCUT2D eigenvalue weighted by atomic mass is 10.0. The first-order valence-electron chi connectivity index (χ1n) is 5.42. The maximum atomic E-state index is 7.83. The van der Waals surface area contributed by atoms with Crippen molar-refractivity contribution in [2.24, 2.45) is 11.7 Å². The van der Waals surface area contributed by atoms with Crippen molar-refractivity contribution in [2.75, 3.05) is 6.54 Å². The molecule has 1 aliphatic rings. The molecule has 0 aromatic carbocycles. The highest BCUT2D eigenvalue weighted by Gasteiger charge is 2.19. The van der Waals surface area contributed by atoms with Crippen LogP contribution in [0.5, 0.6) is 0 Å². The van der Waals surface area contributed by atoms with E-state index in [1.165, 1.54) is 19.1 Å². The Morgan fingerprint density at radius 2 is 2.27 bits per heavy atom. The van der Waals surface area contributed by atoms with Gasteiger partial charge in [-0.25, -0.2) is 0 Å². The summed E-state index contributed by atoms with van der Waals surface area (Å²) in [5, 5.41) is 18.3. The van der Waals surface area contributed by atoms with Crippen molar-refractivity contribution in [3.05, 3.63) is 11.8 Å². The van der Waals surface area contributed by atoms with Gasteiger partial charge in [-0.1, -0.05) is 6.92 Å². The predicted octanol–water partition coefficient (Wildman–Crippen LogP) is 1.28. The zero-order chi connectivity index (χ0) is 11.3. The third kappa shape index (κ3) is 4.25. The Balaban J connectivity index is 2.44. The van der Waals surface area contributed by atoms with Gasteiger partial charge in [0.2, 0.25) is 0 Å². The molecule has 0 amide bonds. The van der Waals surface area contributed by atoms with Gasteiger partial charge in [-0.05, 0) is 31.7 Å². The monoisotopic (exact) mass is 208 g/mol. The third-order valence-corrected chi connectivity index (χ3v) is 2.51. The third-order valence-electron chi connectivity index (χ3n) is 2.51. The van der Waals surface area contributed by atoms with Gasteiger partial charge in [-0.2, -0.15) is 0 Å². The van der Waals surface area contributed by atoms with Crippen LogP contribution in [0.25, 0.3) is 0 Å². The van der Waals surface area contributed by atoms with E-state index >= 15 is 0 Å². The van der Waals surface area contributed by atoms with Crippen LogP contribution >= 0.6 is 0 Å². The van der Waals surface area contributed by atoms with Crippen molar-refractivity contribution in [1.29, 1.82) is 10.8 Å². The Morgan fingerprint density at radius 1 is 1.60 bits per heavy atom. The van der Waals surface area contributed by atoms with Crippen molar-refractivity contribution in [3.8, 4) is 0 Å². The molecule has 4 nitrogen and oxygen atoms in total. The fourth-order valence-electron chi connectivity index (χ4n) is 1.22. The maximum absolute atomic E-state index is 7.83. The Morgan fingerprint density at radius 3 is 2.73 bits per heavy atom. The normalized spacial score (nSPS) is 18.4. The molecular weight excluding hydrogens is 188 g/mol. The molecule has 0 bridgehead atoms. The highest BCUT2D eigenvalue weighted by molar-refractivity contribution is 6.13. The highest BCUT2D eigenvalue weighted by atomic mass is 14.9. The maximum Gasteiger partial charge on any atom is 0.0419 e. The lowest BCUT2D eigenvalue weighted by molar-refractivity contribution is 0.621. The minimum absolute atomic E-state index is 0.307. The van der Waals surface area contributed by atoms with E-state index in [0.29, 0.717) is 36.2 Å². The summed E-state index contributed by atoms with van der Waals surface area (Å²) in [6, 6.07) is 0.569. The molecule has 1 fully saturated rings. The van der Waals surface area contributed by atoms with Gasteiger partial charge >= 0.3 is 0 Å². The summed E-state index contributed by atoms with van der Waals surface area (Å²) >= 11 is 0. The number of rotatable bonds is 7. The largest absolute Gasteiger partial charge is 0.388 e. The van der Waals surface area contributed by atoms with Gasteiger partial charge in [0.1, 0.15) is 0 Å². The summed E-state index contributed by atoms with van der Waals surface area (Å²) < 4.78 is 0. The summed E-state index contributed by atoms with van der Waals surface area (Å²) in [4.78, 5) is 0. The second-order valence-corrected chi connectivity index (χ2v) is 4.21. The second kappa shape index (κ2) is 5.66. The first-order chi connectivity index (χ1) is 7.17. The minimum Gasteiger partial charge on any atom is -0.388 e. The fourth-order valence-corrected chi connectivity index (χ4v) is 1.22. The Hall–Kier alpha value is -1.16. The summed E-state index contributed by atoms with van der Waals surface area (Å²) in [5.74, 6) is 0.307. The molecule has 1 aliphatic carbocycles. The van der Waals surface area contributed by atoms with Crippen LogP contribution in [0.1, 0.15) is 26.2 Å². The van der Waals surface area contributed by atoms with Crippen LogP contribution in [0.2, 0.25) is 0 Å². The van der Waals surface area contributed by atoms with Crippen LogP contribution in [0.4, 0.5) is 0 Å². The quantitative estimate of drug-likeness (QED) is 0.475. The Bertz CT molecular complexity index is 266. The molecule has 1 atom stereocenters. The number of nitrogens with one attached hydrogen (secondary N) is 3. The first kappa shape index (κ1) is 11.9. The molecule has 0 aromatic heterocycles. The molecular formula is C11H20N4. The Kier molecular flexibility index (Phi) is 4.49. The second-order valence-electron chi connectivity index (χ2n) is 4.21. The molecule has 1 rings (SSSR count). The van der Waals surface area contributed by atoms with Crippen molar-refractivity contribution in [2.45, 2.75) is 32.2 Å². The summed E-state index contributed by atoms with van der Waals surface area (Å²) in [6.07, 6.45) is 6.07. The summed E-state index contributed by atoms with van der Waals surface area (Å²) in [5.41, 5.74) is 6.67. The summed E-state index contributed by atoms with van der Waals surface area (Å²) in [7, 11) is 0. The molecule has 0 saturated heterocycles. The molecule has 84 valence electrons. The molecule has 5 N–H and O–H groups in total. The van der Waals surface area contributed by atoms with Crippen LogP contribution in [0.3, 0.4) is 0 Å². The molecule has 1 unspecified atom stereocenters.